The lowest BCUT2D eigenvalue weighted by atomic mass is 10.2. The number of benzene rings is 2. The van der Waals surface area contributed by atoms with Gasteiger partial charge in [0, 0.05) is 0 Å². The minimum atomic E-state index is -0.513. The Bertz CT molecular complexity index is 894. The number of nitrogens with one attached hydrogen (secondary N) is 1. The third kappa shape index (κ3) is 3.43. The van der Waals surface area contributed by atoms with Gasteiger partial charge in [-0.3, -0.25) is 4.79 Å². The van der Waals surface area contributed by atoms with Crippen LogP contribution in [-0.4, -0.2) is 16.7 Å². The van der Waals surface area contributed by atoms with Crippen molar-refractivity contribution in [1.82, 2.24) is 9.55 Å². The average molecular weight is 325 g/mol. The number of anilines is 2. The van der Waals surface area contributed by atoms with E-state index in [1.54, 1.807) is 29.0 Å². The summed E-state index contributed by atoms with van der Waals surface area (Å²) in [6, 6.07) is 15.9. The number of nitrogens with zero attached hydrogens (tertiary/aromatic N) is 2. The fourth-order valence-electron chi connectivity index (χ4n) is 2.30. The number of rotatable bonds is 5. The largest absolute Gasteiger partial charge is 0.490 e. The van der Waals surface area contributed by atoms with Crippen LogP contribution in [0.2, 0.25) is 0 Å². The molecule has 3 rings (SSSR count). The zero-order chi connectivity index (χ0) is 16.9. The summed E-state index contributed by atoms with van der Waals surface area (Å²) in [5.74, 6) is -0.0476. The van der Waals surface area contributed by atoms with E-state index in [1.165, 1.54) is 13.2 Å². The summed E-state index contributed by atoms with van der Waals surface area (Å²) in [5.41, 5.74) is 0.749. The van der Waals surface area contributed by atoms with Crippen molar-refractivity contribution in [3.05, 3.63) is 82.5 Å². The van der Waals surface area contributed by atoms with E-state index in [4.69, 9.17) is 4.74 Å². The summed E-state index contributed by atoms with van der Waals surface area (Å²) in [6.07, 6.45) is 1.56. The first-order valence-electron chi connectivity index (χ1n) is 7.38. The van der Waals surface area contributed by atoms with Crippen LogP contribution in [0.4, 0.5) is 16.0 Å². The highest BCUT2D eigenvalue weighted by Crippen LogP contribution is 2.19. The summed E-state index contributed by atoms with van der Waals surface area (Å²) >= 11 is 0. The standard InChI is InChI=1S/C18H16FN3O2/c1-24-16-12-22(11-13-7-3-2-4-8-13)18(21-17(16)23)20-15-10-6-5-9-14(15)19/h2-10,12H,11H2,1H3,(H,20,21,23). The molecule has 1 heterocycles. The topological polar surface area (TPSA) is 56.1 Å². The summed E-state index contributed by atoms with van der Waals surface area (Å²) in [7, 11) is 1.41. The zero-order valence-electron chi connectivity index (χ0n) is 13.1. The third-order valence-corrected chi connectivity index (χ3v) is 3.50. The molecule has 1 N–H and O–H groups in total. The molecule has 1 aromatic heterocycles. The molecule has 0 saturated carbocycles. The lowest BCUT2D eigenvalue weighted by molar-refractivity contribution is 0.402. The minimum Gasteiger partial charge on any atom is -0.490 e. The Hall–Kier alpha value is -3.15. The second kappa shape index (κ2) is 6.95. The summed E-state index contributed by atoms with van der Waals surface area (Å²) in [6.45, 7) is 0.460. The van der Waals surface area contributed by atoms with Gasteiger partial charge in [0.1, 0.15) is 5.82 Å². The Morgan fingerprint density at radius 3 is 2.54 bits per heavy atom. The summed E-state index contributed by atoms with van der Waals surface area (Å²) < 4.78 is 20.6. The monoisotopic (exact) mass is 325 g/mol. The molecule has 0 spiro atoms. The molecule has 0 bridgehead atoms. The molecule has 0 saturated heterocycles. The van der Waals surface area contributed by atoms with Gasteiger partial charge in [-0.15, -0.1) is 0 Å². The molecule has 122 valence electrons. The Morgan fingerprint density at radius 2 is 1.83 bits per heavy atom. The maximum Gasteiger partial charge on any atom is 0.316 e. The molecule has 0 unspecified atom stereocenters. The lowest BCUT2D eigenvalue weighted by Crippen LogP contribution is -2.19. The van der Waals surface area contributed by atoms with E-state index in [9.17, 15) is 9.18 Å². The van der Waals surface area contributed by atoms with Crippen molar-refractivity contribution < 1.29 is 9.13 Å². The quantitative estimate of drug-likeness (QED) is 0.783. The summed E-state index contributed by atoms with van der Waals surface area (Å²) in [5, 5.41) is 2.87. The maximum absolute atomic E-state index is 13.9. The van der Waals surface area contributed by atoms with Gasteiger partial charge in [0.15, 0.2) is 0 Å². The number of aromatic nitrogens is 2. The van der Waals surface area contributed by atoms with Crippen molar-refractivity contribution in [1.29, 1.82) is 0 Å². The molecular weight excluding hydrogens is 309 g/mol. The SMILES string of the molecule is COc1cn(Cc2ccccc2)c(Nc2ccccc2F)nc1=O. The predicted molar refractivity (Wildman–Crippen MR) is 90.3 cm³/mol. The Balaban J connectivity index is 2.02. The van der Waals surface area contributed by atoms with Crippen LogP contribution in [0.25, 0.3) is 0 Å². The van der Waals surface area contributed by atoms with Gasteiger partial charge >= 0.3 is 5.56 Å². The minimum absolute atomic E-state index is 0.130. The molecule has 3 aromatic rings. The Labute approximate surface area is 138 Å². The summed E-state index contributed by atoms with van der Waals surface area (Å²) in [4.78, 5) is 15.9. The molecule has 0 atom stereocenters. The molecule has 0 aliphatic rings. The van der Waals surface area contributed by atoms with Crippen molar-refractivity contribution in [2.75, 3.05) is 12.4 Å². The molecule has 0 fully saturated rings. The van der Waals surface area contributed by atoms with Crippen molar-refractivity contribution in [3.8, 4) is 5.75 Å². The molecule has 24 heavy (non-hydrogen) atoms. The van der Waals surface area contributed by atoms with Crippen LogP contribution in [0, 0.1) is 5.82 Å². The second-order valence-electron chi connectivity index (χ2n) is 5.16. The molecule has 0 aliphatic carbocycles. The normalized spacial score (nSPS) is 10.4. The third-order valence-electron chi connectivity index (χ3n) is 3.50. The van der Waals surface area contributed by atoms with Crippen molar-refractivity contribution in [3.63, 3.8) is 0 Å². The van der Waals surface area contributed by atoms with E-state index in [1.807, 2.05) is 30.3 Å². The van der Waals surface area contributed by atoms with Crippen molar-refractivity contribution in [2.24, 2.45) is 0 Å². The molecule has 6 heteroatoms. The predicted octanol–water partition coefficient (Wildman–Crippen LogP) is 3.18. The van der Waals surface area contributed by atoms with Crippen LogP contribution in [0.3, 0.4) is 0 Å². The number of methoxy groups -OCH3 is 1. The first-order chi connectivity index (χ1) is 11.7. The Morgan fingerprint density at radius 1 is 1.12 bits per heavy atom. The maximum atomic E-state index is 13.9. The highest BCUT2D eigenvalue weighted by Gasteiger charge is 2.11. The smallest absolute Gasteiger partial charge is 0.316 e. The van der Waals surface area contributed by atoms with E-state index in [0.717, 1.165) is 5.56 Å². The van der Waals surface area contributed by atoms with Gasteiger partial charge < -0.3 is 14.6 Å². The number of ether oxygens (including phenoxy) is 1. The fourth-order valence-corrected chi connectivity index (χ4v) is 2.30. The van der Waals surface area contributed by atoms with Crippen LogP contribution in [0.15, 0.2) is 65.6 Å². The molecular formula is C18H16FN3O2. The van der Waals surface area contributed by atoms with Gasteiger partial charge in [0.05, 0.1) is 25.5 Å². The van der Waals surface area contributed by atoms with Gasteiger partial charge in [-0.05, 0) is 17.7 Å². The van der Waals surface area contributed by atoms with Crippen LogP contribution >= 0.6 is 0 Å². The molecule has 2 aromatic carbocycles. The first-order valence-corrected chi connectivity index (χ1v) is 7.38. The van der Waals surface area contributed by atoms with E-state index in [-0.39, 0.29) is 17.4 Å². The molecule has 0 radical (unpaired) electrons. The lowest BCUT2D eigenvalue weighted by Gasteiger charge is -2.15. The fraction of sp³-hybridized carbons (Fsp3) is 0.111. The van der Waals surface area contributed by atoms with Crippen LogP contribution in [-0.2, 0) is 6.54 Å². The van der Waals surface area contributed by atoms with Crippen molar-refractivity contribution in [2.45, 2.75) is 6.54 Å². The number of hydrogen-bond donors (Lipinski definition) is 1. The van der Waals surface area contributed by atoms with Crippen LogP contribution < -0.4 is 15.6 Å². The Kier molecular flexibility index (Phi) is 4.56. The number of hydrogen-bond acceptors (Lipinski definition) is 4. The second-order valence-corrected chi connectivity index (χ2v) is 5.16. The van der Waals surface area contributed by atoms with Gasteiger partial charge in [-0.2, -0.15) is 4.98 Å². The van der Waals surface area contributed by atoms with E-state index in [0.29, 0.717) is 6.54 Å². The average Bonchev–Trinajstić information content (AvgIpc) is 2.60. The van der Waals surface area contributed by atoms with Crippen molar-refractivity contribution >= 4 is 11.6 Å². The molecule has 0 amide bonds. The van der Waals surface area contributed by atoms with Gasteiger partial charge in [-0.1, -0.05) is 42.5 Å². The van der Waals surface area contributed by atoms with E-state index < -0.39 is 11.4 Å². The van der Waals surface area contributed by atoms with E-state index in [2.05, 4.69) is 10.3 Å². The molecule has 5 nitrogen and oxygen atoms in total. The number of para-hydroxylation sites is 1. The van der Waals surface area contributed by atoms with Crippen LogP contribution in [0.5, 0.6) is 5.75 Å². The highest BCUT2D eigenvalue weighted by atomic mass is 19.1. The first kappa shape index (κ1) is 15.7. The zero-order valence-corrected chi connectivity index (χ0v) is 13.1. The van der Waals surface area contributed by atoms with Gasteiger partial charge in [0.25, 0.3) is 0 Å². The van der Waals surface area contributed by atoms with Gasteiger partial charge in [-0.25, -0.2) is 4.39 Å². The number of halogens is 1. The van der Waals surface area contributed by atoms with Gasteiger partial charge in [0.2, 0.25) is 11.7 Å². The molecule has 0 aliphatic heterocycles. The highest BCUT2D eigenvalue weighted by molar-refractivity contribution is 5.54. The van der Waals surface area contributed by atoms with E-state index >= 15 is 0 Å². The van der Waals surface area contributed by atoms with Crippen LogP contribution in [0.1, 0.15) is 5.56 Å².